The van der Waals surface area contributed by atoms with Gasteiger partial charge in [-0.05, 0) is 37.1 Å². The fraction of sp³-hybridized carbons (Fsp3) is 0.318. The van der Waals surface area contributed by atoms with E-state index < -0.39 is 0 Å². The molecule has 1 saturated heterocycles. The van der Waals surface area contributed by atoms with Crippen molar-refractivity contribution in [2.45, 2.75) is 25.4 Å². The van der Waals surface area contributed by atoms with Crippen LogP contribution in [0, 0.1) is 0 Å². The molecule has 4 nitrogen and oxygen atoms in total. The van der Waals surface area contributed by atoms with Crippen molar-refractivity contribution in [1.82, 2.24) is 9.88 Å². The SMILES string of the molecule is COc1ccc([C@@H]2CCCN2Cc2cccc3cccnc23)c(OC)c1. The summed E-state index contributed by atoms with van der Waals surface area (Å²) < 4.78 is 11.0. The van der Waals surface area contributed by atoms with E-state index in [-0.39, 0.29) is 0 Å². The van der Waals surface area contributed by atoms with Gasteiger partial charge in [-0.3, -0.25) is 9.88 Å². The van der Waals surface area contributed by atoms with Crippen molar-refractivity contribution in [1.29, 1.82) is 0 Å². The summed E-state index contributed by atoms with van der Waals surface area (Å²) in [6, 6.07) is 17.1. The highest BCUT2D eigenvalue weighted by molar-refractivity contribution is 5.81. The Morgan fingerprint density at radius 2 is 1.96 bits per heavy atom. The molecular formula is C22H24N2O2. The van der Waals surface area contributed by atoms with Crippen LogP contribution in [0.3, 0.4) is 0 Å². The molecule has 134 valence electrons. The van der Waals surface area contributed by atoms with Gasteiger partial charge >= 0.3 is 0 Å². The monoisotopic (exact) mass is 348 g/mol. The molecule has 1 fully saturated rings. The highest BCUT2D eigenvalue weighted by Crippen LogP contribution is 2.39. The van der Waals surface area contributed by atoms with E-state index in [0.717, 1.165) is 36.5 Å². The number of aromatic nitrogens is 1. The molecule has 2 aromatic carbocycles. The standard InChI is InChI=1S/C22H24N2O2/c1-25-18-10-11-19(21(14-18)26-2)20-9-5-13-24(20)15-17-7-3-6-16-8-4-12-23-22(16)17/h3-4,6-8,10-12,14,20H,5,9,13,15H2,1-2H3/t20-/m0/s1. The Hall–Kier alpha value is -2.59. The highest BCUT2D eigenvalue weighted by atomic mass is 16.5. The first-order valence-electron chi connectivity index (χ1n) is 9.09. The average Bonchev–Trinajstić information content (AvgIpc) is 3.15. The first-order valence-corrected chi connectivity index (χ1v) is 9.09. The van der Waals surface area contributed by atoms with Gasteiger partial charge in [-0.2, -0.15) is 0 Å². The van der Waals surface area contributed by atoms with Crippen LogP contribution in [0.1, 0.15) is 30.0 Å². The molecule has 0 saturated carbocycles. The lowest BCUT2D eigenvalue weighted by molar-refractivity contribution is 0.243. The second kappa shape index (κ2) is 7.34. The molecule has 2 heterocycles. The number of benzene rings is 2. The third-order valence-electron chi connectivity index (χ3n) is 5.25. The third kappa shape index (κ3) is 3.13. The summed E-state index contributed by atoms with van der Waals surface area (Å²) in [5, 5.41) is 1.20. The van der Waals surface area contributed by atoms with E-state index in [1.165, 1.54) is 22.9 Å². The van der Waals surface area contributed by atoms with Crippen molar-refractivity contribution in [2.75, 3.05) is 20.8 Å². The number of rotatable bonds is 5. The van der Waals surface area contributed by atoms with Crippen molar-refractivity contribution in [3.05, 3.63) is 65.9 Å². The molecule has 0 spiro atoms. The highest BCUT2D eigenvalue weighted by Gasteiger charge is 2.29. The topological polar surface area (TPSA) is 34.6 Å². The van der Waals surface area contributed by atoms with Gasteiger partial charge < -0.3 is 9.47 Å². The first-order chi connectivity index (χ1) is 12.8. The molecule has 1 aliphatic rings. The third-order valence-corrected chi connectivity index (χ3v) is 5.25. The summed E-state index contributed by atoms with van der Waals surface area (Å²) in [5.41, 5.74) is 3.61. The number of methoxy groups -OCH3 is 2. The molecule has 1 aliphatic heterocycles. The van der Waals surface area contributed by atoms with Crippen LogP contribution in [0.4, 0.5) is 0 Å². The van der Waals surface area contributed by atoms with Crippen LogP contribution >= 0.6 is 0 Å². The number of fused-ring (bicyclic) bond motifs is 1. The van der Waals surface area contributed by atoms with Gasteiger partial charge in [0.25, 0.3) is 0 Å². The van der Waals surface area contributed by atoms with Gasteiger partial charge in [0.2, 0.25) is 0 Å². The van der Waals surface area contributed by atoms with Gasteiger partial charge in [-0.1, -0.05) is 30.3 Å². The van der Waals surface area contributed by atoms with E-state index in [1.807, 2.05) is 24.4 Å². The summed E-state index contributed by atoms with van der Waals surface area (Å²) in [5.74, 6) is 1.73. The summed E-state index contributed by atoms with van der Waals surface area (Å²) in [4.78, 5) is 7.15. The molecule has 0 bridgehead atoms. The van der Waals surface area contributed by atoms with E-state index in [1.54, 1.807) is 14.2 Å². The van der Waals surface area contributed by atoms with Crippen molar-refractivity contribution in [3.8, 4) is 11.5 Å². The Bertz CT molecular complexity index is 904. The Morgan fingerprint density at radius 3 is 2.81 bits per heavy atom. The molecule has 3 aromatic rings. The van der Waals surface area contributed by atoms with Crippen LogP contribution in [-0.4, -0.2) is 30.6 Å². The number of nitrogens with zero attached hydrogens (tertiary/aromatic N) is 2. The lowest BCUT2D eigenvalue weighted by atomic mass is 10.0. The van der Waals surface area contributed by atoms with Crippen molar-refractivity contribution < 1.29 is 9.47 Å². The van der Waals surface area contributed by atoms with E-state index in [0.29, 0.717) is 6.04 Å². The maximum Gasteiger partial charge on any atom is 0.127 e. The second-order valence-corrected chi connectivity index (χ2v) is 6.73. The van der Waals surface area contributed by atoms with Crippen LogP contribution < -0.4 is 9.47 Å². The van der Waals surface area contributed by atoms with Gasteiger partial charge in [-0.15, -0.1) is 0 Å². The Kier molecular flexibility index (Phi) is 4.76. The van der Waals surface area contributed by atoms with Crippen molar-refractivity contribution >= 4 is 10.9 Å². The summed E-state index contributed by atoms with van der Waals surface area (Å²) in [7, 11) is 3.41. The number of hydrogen-bond donors (Lipinski definition) is 0. The smallest absolute Gasteiger partial charge is 0.127 e. The maximum atomic E-state index is 5.65. The molecule has 1 aromatic heterocycles. The minimum Gasteiger partial charge on any atom is -0.497 e. The zero-order chi connectivity index (χ0) is 17.9. The molecule has 4 heteroatoms. The molecule has 0 unspecified atom stereocenters. The quantitative estimate of drug-likeness (QED) is 0.675. The molecule has 0 aliphatic carbocycles. The number of para-hydroxylation sites is 1. The first kappa shape index (κ1) is 16.9. The zero-order valence-electron chi connectivity index (χ0n) is 15.3. The molecule has 0 N–H and O–H groups in total. The molecule has 26 heavy (non-hydrogen) atoms. The second-order valence-electron chi connectivity index (χ2n) is 6.73. The van der Waals surface area contributed by atoms with Crippen molar-refractivity contribution in [2.24, 2.45) is 0 Å². The molecular weight excluding hydrogens is 324 g/mol. The number of pyridine rings is 1. The predicted molar refractivity (Wildman–Crippen MR) is 104 cm³/mol. The van der Waals surface area contributed by atoms with Crippen LogP contribution in [0.25, 0.3) is 10.9 Å². The number of likely N-dealkylation sites (tertiary alicyclic amines) is 1. The van der Waals surface area contributed by atoms with E-state index in [2.05, 4.69) is 40.2 Å². The van der Waals surface area contributed by atoms with Crippen LogP contribution in [0.2, 0.25) is 0 Å². The Labute approximate surface area is 154 Å². The zero-order valence-corrected chi connectivity index (χ0v) is 15.3. The normalized spacial score (nSPS) is 17.5. The minimum absolute atomic E-state index is 0.356. The Balaban J connectivity index is 1.65. The summed E-state index contributed by atoms with van der Waals surface area (Å²) >= 11 is 0. The van der Waals surface area contributed by atoms with E-state index >= 15 is 0 Å². The van der Waals surface area contributed by atoms with Crippen LogP contribution in [0.5, 0.6) is 11.5 Å². The number of ether oxygens (including phenoxy) is 2. The van der Waals surface area contributed by atoms with Crippen LogP contribution in [0.15, 0.2) is 54.7 Å². The van der Waals surface area contributed by atoms with Crippen LogP contribution in [-0.2, 0) is 6.54 Å². The summed E-state index contributed by atoms with van der Waals surface area (Å²) in [6.45, 7) is 1.98. The molecule has 0 radical (unpaired) electrons. The lowest BCUT2D eigenvalue weighted by Crippen LogP contribution is -2.23. The summed E-state index contributed by atoms with van der Waals surface area (Å²) in [6.07, 6.45) is 4.21. The van der Waals surface area contributed by atoms with Gasteiger partial charge in [0.05, 0.1) is 19.7 Å². The van der Waals surface area contributed by atoms with Crippen molar-refractivity contribution in [3.63, 3.8) is 0 Å². The van der Waals surface area contributed by atoms with E-state index in [4.69, 9.17) is 9.47 Å². The average molecular weight is 348 g/mol. The fourth-order valence-corrected chi connectivity index (χ4v) is 3.98. The largest absolute Gasteiger partial charge is 0.497 e. The molecule has 4 rings (SSSR count). The van der Waals surface area contributed by atoms with Gasteiger partial charge in [0.1, 0.15) is 11.5 Å². The number of hydrogen-bond acceptors (Lipinski definition) is 4. The van der Waals surface area contributed by atoms with Gasteiger partial charge in [0, 0.05) is 35.8 Å². The fourth-order valence-electron chi connectivity index (χ4n) is 3.98. The lowest BCUT2D eigenvalue weighted by Gasteiger charge is -2.26. The minimum atomic E-state index is 0.356. The molecule has 0 amide bonds. The maximum absolute atomic E-state index is 5.65. The molecule has 1 atom stereocenters. The van der Waals surface area contributed by atoms with Gasteiger partial charge in [0.15, 0.2) is 0 Å². The van der Waals surface area contributed by atoms with Gasteiger partial charge in [-0.25, -0.2) is 0 Å². The Morgan fingerprint density at radius 1 is 1.08 bits per heavy atom. The van der Waals surface area contributed by atoms with E-state index in [9.17, 15) is 0 Å². The predicted octanol–water partition coefficient (Wildman–Crippen LogP) is 4.59.